The summed E-state index contributed by atoms with van der Waals surface area (Å²) in [7, 11) is 0. The molecule has 0 aromatic carbocycles. The predicted octanol–water partition coefficient (Wildman–Crippen LogP) is 4.67. The van der Waals surface area contributed by atoms with Crippen molar-refractivity contribution in [2.45, 2.75) is 77.7 Å². The minimum Gasteiger partial charge on any atom is -0.345 e. The Morgan fingerprint density at radius 2 is 1.61 bits per heavy atom. The monoisotopic (exact) mass is 316 g/mol. The molecular weight excluding hydrogens is 284 g/mol. The number of carbonyl (C=O) groups excluding carboxylic acids is 1. The van der Waals surface area contributed by atoms with E-state index in [1.54, 1.807) is 0 Å². The van der Waals surface area contributed by atoms with E-state index in [-0.39, 0.29) is 0 Å². The van der Waals surface area contributed by atoms with E-state index in [0.717, 1.165) is 18.7 Å². The molecule has 1 aliphatic carbocycles. The van der Waals surface area contributed by atoms with Crippen LogP contribution in [0.3, 0.4) is 0 Å². The highest BCUT2D eigenvalue weighted by Crippen LogP contribution is 2.32. The molecule has 128 valence electrons. The van der Waals surface area contributed by atoms with E-state index in [1.165, 1.54) is 69.2 Å². The van der Waals surface area contributed by atoms with Crippen LogP contribution in [-0.4, -0.2) is 34.9 Å². The highest BCUT2D eigenvalue weighted by atomic mass is 16.1. The standard InChI is InChI=1S/C20H32N2O/c1-16-14-19(17(2)22(16)18-10-6-5-7-11-18)20(23)15-21-12-8-3-4-9-13-21/h14,18H,3-13,15H2,1-2H3. The molecule has 3 nitrogen and oxygen atoms in total. The molecule has 3 heteroatoms. The Kier molecular flexibility index (Phi) is 5.58. The minimum absolute atomic E-state index is 0.321. The third-order valence-corrected chi connectivity index (χ3v) is 5.79. The van der Waals surface area contributed by atoms with Crippen molar-refractivity contribution in [2.24, 2.45) is 0 Å². The van der Waals surface area contributed by atoms with Crippen molar-refractivity contribution in [3.8, 4) is 0 Å². The van der Waals surface area contributed by atoms with Gasteiger partial charge in [0.15, 0.2) is 5.78 Å². The van der Waals surface area contributed by atoms with E-state index in [1.807, 2.05) is 0 Å². The number of aromatic nitrogens is 1. The summed E-state index contributed by atoms with van der Waals surface area (Å²) < 4.78 is 2.45. The molecule has 0 amide bonds. The molecule has 1 saturated carbocycles. The lowest BCUT2D eigenvalue weighted by Crippen LogP contribution is -2.31. The van der Waals surface area contributed by atoms with Gasteiger partial charge in [-0.2, -0.15) is 0 Å². The number of ketones is 1. The molecule has 1 aromatic rings. The van der Waals surface area contributed by atoms with E-state index < -0.39 is 0 Å². The van der Waals surface area contributed by atoms with Gasteiger partial charge in [0.25, 0.3) is 0 Å². The average molecular weight is 316 g/mol. The first kappa shape index (κ1) is 16.8. The van der Waals surface area contributed by atoms with Crippen LogP contribution in [0.15, 0.2) is 6.07 Å². The highest BCUT2D eigenvalue weighted by molar-refractivity contribution is 5.99. The zero-order valence-electron chi connectivity index (χ0n) is 14.9. The smallest absolute Gasteiger partial charge is 0.178 e. The summed E-state index contributed by atoms with van der Waals surface area (Å²) in [5.74, 6) is 0.321. The van der Waals surface area contributed by atoms with Crippen molar-refractivity contribution in [3.63, 3.8) is 0 Å². The van der Waals surface area contributed by atoms with Crippen LogP contribution in [0.4, 0.5) is 0 Å². The van der Waals surface area contributed by atoms with Crippen LogP contribution < -0.4 is 0 Å². The van der Waals surface area contributed by atoms with E-state index >= 15 is 0 Å². The van der Waals surface area contributed by atoms with E-state index in [0.29, 0.717) is 18.4 Å². The summed E-state index contributed by atoms with van der Waals surface area (Å²) in [5, 5.41) is 0. The molecule has 0 unspecified atom stereocenters. The lowest BCUT2D eigenvalue weighted by Gasteiger charge is -2.26. The molecule has 1 aromatic heterocycles. The summed E-state index contributed by atoms with van der Waals surface area (Å²) in [6.07, 6.45) is 11.7. The summed E-state index contributed by atoms with van der Waals surface area (Å²) >= 11 is 0. The van der Waals surface area contributed by atoms with Crippen molar-refractivity contribution < 1.29 is 4.79 Å². The molecule has 0 radical (unpaired) electrons. The maximum Gasteiger partial charge on any atom is 0.178 e. The number of rotatable bonds is 4. The number of Topliss-reactive ketones (excluding diaryl/α,β-unsaturated/α-hetero) is 1. The molecule has 2 aliphatic rings. The molecular formula is C20H32N2O. The van der Waals surface area contributed by atoms with Gasteiger partial charge in [0, 0.05) is 23.0 Å². The summed E-state index contributed by atoms with van der Waals surface area (Å²) in [6.45, 7) is 7.11. The third-order valence-electron chi connectivity index (χ3n) is 5.79. The Bertz CT molecular complexity index is 532. The number of nitrogens with zero attached hydrogens (tertiary/aromatic N) is 2. The zero-order valence-corrected chi connectivity index (χ0v) is 14.9. The number of likely N-dealkylation sites (tertiary alicyclic amines) is 1. The van der Waals surface area contributed by atoms with Gasteiger partial charge in [-0.1, -0.05) is 32.1 Å². The van der Waals surface area contributed by atoms with Crippen molar-refractivity contribution in [2.75, 3.05) is 19.6 Å². The van der Waals surface area contributed by atoms with Crippen LogP contribution in [0.2, 0.25) is 0 Å². The minimum atomic E-state index is 0.321. The second-order valence-electron chi connectivity index (χ2n) is 7.56. The zero-order chi connectivity index (χ0) is 16.2. The molecule has 23 heavy (non-hydrogen) atoms. The van der Waals surface area contributed by atoms with E-state index in [9.17, 15) is 4.79 Å². The SMILES string of the molecule is Cc1cc(C(=O)CN2CCCCCC2)c(C)n1C1CCCCC1. The number of carbonyl (C=O) groups is 1. The van der Waals surface area contributed by atoms with Gasteiger partial charge in [0.1, 0.15) is 0 Å². The normalized spacial score (nSPS) is 21.3. The van der Waals surface area contributed by atoms with E-state index in [4.69, 9.17) is 0 Å². The number of hydrogen-bond donors (Lipinski definition) is 0. The summed E-state index contributed by atoms with van der Waals surface area (Å²) in [5.41, 5.74) is 3.44. The largest absolute Gasteiger partial charge is 0.345 e. The molecule has 1 saturated heterocycles. The van der Waals surface area contributed by atoms with Gasteiger partial charge in [-0.25, -0.2) is 0 Å². The van der Waals surface area contributed by atoms with Crippen molar-refractivity contribution in [1.29, 1.82) is 0 Å². The first-order valence-electron chi connectivity index (χ1n) is 9.61. The topological polar surface area (TPSA) is 25.2 Å². The number of hydrogen-bond acceptors (Lipinski definition) is 2. The molecule has 3 rings (SSSR count). The molecule has 0 spiro atoms. The van der Waals surface area contributed by atoms with Crippen LogP contribution in [0.1, 0.15) is 85.6 Å². The molecule has 2 fully saturated rings. The van der Waals surface area contributed by atoms with Gasteiger partial charge in [-0.15, -0.1) is 0 Å². The highest BCUT2D eigenvalue weighted by Gasteiger charge is 2.23. The van der Waals surface area contributed by atoms with Crippen molar-refractivity contribution in [1.82, 2.24) is 9.47 Å². The molecule has 0 N–H and O–H groups in total. The Hall–Kier alpha value is -1.09. The van der Waals surface area contributed by atoms with Crippen LogP contribution in [0.25, 0.3) is 0 Å². The van der Waals surface area contributed by atoms with Crippen molar-refractivity contribution in [3.05, 3.63) is 23.0 Å². The van der Waals surface area contributed by atoms with Crippen LogP contribution >= 0.6 is 0 Å². The van der Waals surface area contributed by atoms with Gasteiger partial charge in [-0.3, -0.25) is 9.69 Å². The maximum atomic E-state index is 12.8. The Morgan fingerprint density at radius 3 is 2.26 bits per heavy atom. The second-order valence-corrected chi connectivity index (χ2v) is 7.56. The fourth-order valence-corrected chi connectivity index (χ4v) is 4.54. The van der Waals surface area contributed by atoms with Gasteiger partial charge >= 0.3 is 0 Å². The first-order valence-corrected chi connectivity index (χ1v) is 9.61. The lowest BCUT2D eigenvalue weighted by molar-refractivity contribution is 0.0932. The summed E-state index contributed by atoms with van der Waals surface area (Å²) in [4.78, 5) is 15.2. The fraction of sp³-hybridized carbons (Fsp3) is 0.750. The van der Waals surface area contributed by atoms with Crippen LogP contribution in [0, 0.1) is 13.8 Å². The van der Waals surface area contributed by atoms with Crippen LogP contribution in [0.5, 0.6) is 0 Å². The maximum absolute atomic E-state index is 12.8. The van der Waals surface area contributed by atoms with Gasteiger partial charge < -0.3 is 4.57 Å². The molecule has 2 heterocycles. The molecule has 1 aliphatic heterocycles. The van der Waals surface area contributed by atoms with Gasteiger partial charge in [0.2, 0.25) is 0 Å². The first-order chi connectivity index (χ1) is 11.2. The Morgan fingerprint density at radius 1 is 1.00 bits per heavy atom. The lowest BCUT2D eigenvalue weighted by atomic mass is 9.95. The molecule has 0 bridgehead atoms. The summed E-state index contributed by atoms with van der Waals surface area (Å²) in [6, 6.07) is 2.76. The quantitative estimate of drug-likeness (QED) is 0.754. The second kappa shape index (κ2) is 7.65. The Balaban J connectivity index is 1.73. The predicted molar refractivity (Wildman–Crippen MR) is 95.3 cm³/mol. The Labute approximate surface area is 141 Å². The fourth-order valence-electron chi connectivity index (χ4n) is 4.54. The van der Waals surface area contributed by atoms with Crippen molar-refractivity contribution >= 4 is 5.78 Å². The molecule has 0 atom stereocenters. The van der Waals surface area contributed by atoms with Crippen LogP contribution in [-0.2, 0) is 0 Å². The third kappa shape index (κ3) is 3.88. The van der Waals surface area contributed by atoms with E-state index in [2.05, 4.69) is 29.4 Å². The van der Waals surface area contributed by atoms with Gasteiger partial charge in [-0.05, 0) is 58.7 Å². The number of aryl methyl sites for hydroxylation is 1. The average Bonchev–Trinajstić information content (AvgIpc) is 2.72. The van der Waals surface area contributed by atoms with Gasteiger partial charge in [0.05, 0.1) is 6.54 Å².